The third-order valence-electron chi connectivity index (χ3n) is 5.43. The normalized spacial score (nSPS) is 18.7. The molecule has 3 rings (SSSR count). The van der Waals surface area contributed by atoms with Crippen molar-refractivity contribution in [3.05, 3.63) is 69.7 Å². The van der Waals surface area contributed by atoms with Gasteiger partial charge in [-0.05, 0) is 42.5 Å². The van der Waals surface area contributed by atoms with Crippen molar-refractivity contribution in [2.24, 2.45) is 5.92 Å². The first-order chi connectivity index (χ1) is 14.3. The van der Waals surface area contributed by atoms with Crippen LogP contribution in [0.25, 0.3) is 0 Å². The van der Waals surface area contributed by atoms with Crippen LogP contribution >= 0.6 is 23.2 Å². The molecule has 1 heterocycles. The molecular weight excluding hydrogens is 443 g/mol. The van der Waals surface area contributed by atoms with Gasteiger partial charge in [0.2, 0.25) is 15.9 Å². The molecule has 0 saturated carbocycles. The van der Waals surface area contributed by atoms with Crippen molar-refractivity contribution in [2.45, 2.75) is 38.0 Å². The molecule has 0 aromatic heterocycles. The molecule has 2 aromatic rings. The lowest BCUT2D eigenvalue weighted by molar-refractivity contribution is -0.126. The van der Waals surface area contributed by atoms with Crippen LogP contribution in [0.5, 0.6) is 0 Å². The Kier molecular flexibility index (Phi) is 7.80. The van der Waals surface area contributed by atoms with Crippen molar-refractivity contribution in [3.63, 3.8) is 0 Å². The quantitative estimate of drug-likeness (QED) is 0.634. The molecule has 0 spiro atoms. The van der Waals surface area contributed by atoms with E-state index in [-0.39, 0.29) is 30.2 Å². The predicted molar refractivity (Wildman–Crippen MR) is 121 cm³/mol. The maximum absolute atomic E-state index is 13.0. The minimum absolute atomic E-state index is 0.0847. The maximum Gasteiger partial charge on any atom is 0.224 e. The third-order valence-corrected chi connectivity index (χ3v) is 7.81. The maximum atomic E-state index is 13.0. The van der Waals surface area contributed by atoms with Crippen molar-refractivity contribution in [1.82, 2.24) is 9.62 Å². The van der Waals surface area contributed by atoms with Crippen molar-refractivity contribution in [1.29, 1.82) is 0 Å². The van der Waals surface area contributed by atoms with E-state index in [1.165, 1.54) is 10.4 Å². The number of amides is 1. The lowest BCUT2D eigenvalue weighted by atomic mass is 9.97. The van der Waals surface area contributed by atoms with E-state index in [2.05, 4.69) is 5.32 Å². The Labute approximate surface area is 188 Å². The SMILES string of the molecule is CC[C@H](NC(=O)[C@@H]1CCCN(S(=O)(=O)Cc2ccc(Cl)cc2Cl)C1)c1ccccc1. The molecule has 0 radical (unpaired) electrons. The summed E-state index contributed by atoms with van der Waals surface area (Å²) in [6.45, 7) is 2.61. The van der Waals surface area contributed by atoms with Crippen LogP contribution in [-0.2, 0) is 20.6 Å². The fourth-order valence-electron chi connectivity index (χ4n) is 3.73. The van der Waals surface area contributed by atoms with E-state index < -0.39 is 10.0 Å². The number of nitrogens with one attached hydrogen (secondary N) is 1. The fraction of sp³-hybridized carbons (Fsp3) is 0.409. The molecule has 2 aromatic carbocycles. The monoisotopic (exact) mass is 468 g/mol. The van der Waals surface area contributed by atoms with Gasteiger partial charge in [0, 0.05) is 23.1 Å². The number of benzene rings is 2. The first-order valence-electron chi connectivity index (χ1n) is 10.1. The molecular formula is C22H26Cl2N2O3S. The zero-order valence-electron chi connectivity index (χ0n) is 16.9. The van der Waals surface area contributed by atoms with Crippen molar-refractivity contribution in [3.8, 4) is 0 Å². The number of carbonyl (C=O) groups is 1. The van der Waals surface area contributed by atoms with Gasteiger partial charge in [-0.25, -0.2) is 12.7 Å². The van der Waals surface area contributed by atoms with Gasteiger partial charge in [-0.3, -0.25) is 4.79 Å². The van der Waals surface area contributed by atoms with Crippen LogP contribution in [0.15, 0.2) is 48.5 Å². The summed E-state index contributed by atoms with van der Waals surface area (Å²) in [5, 5.41) is 3.88. The number of halogens is 2. The van der Waals surface area contributed by atoms with Gasteiger partial charge in [-0.15, -0.1) is 0 Å². The van der Waals surface area contributed by atoms with Crippen LogP contribution < -0.4 is 5.32 Å². The molecule has 162 valence electrons. The highest BCUT2D eigenvalue weighted by Crippen LogP contribution is 2.27. The van der Waals surface area contributed by atoms with E-state index in [4.69, 9.17) is 23.2 Å². The minimum atomic E-state index is -3.60. The molecule has 5 nitrogen and oxygen atoms in total. The molecule has 1 aliphatic heterocycles. The van der Waals surface area contributed by atoms with Gasteiger partial charge < -0.3 is 5.32 Å². The molecule has 1 fully saturated rings. The number of piperidine rings is 1. The first kappa shape index (κ1) is 23.1. The molecule has 8 heteroatoms. The highest BCUT2D eigenvalue weighted by atomic mass is 35.5. The van der Waals surface area contributed by atoms with E-state index in [9.17, 15) is 13.2 Å². The molecule has 0 aliphatic carbocycles. The van der Waals surface area contributed by atoms with E-state index >= 15 is 0 Å². The topological polar surface area (TPSA) is 66.5 Å². The average Bonchev–Trinajstić information content (AvgIpc) is 2.74. The molecule has 0 bridgehead atoms. The number of hydrogen-bond acceptors (Lipinski definition) is 3. The van der Waals surface area contributed by atoms with Gasteiger partial charge in [0.1, 0.15) is 0 Å². The summed E-state index contributed by atoms with van der Waals surface area (Å²) in [5.74, 6) is -0.680. The Balaban J connectivity index is 1.67. The molecule has 1 amide bonds. The van der Waals surface area contributed by atoms with Crippen LogP contribution in [0.3, 0.4) is 0 Å². The molecule has 30 heavy (non-hydrogen) atoms. The molecule has 1 saturated heterocycles. The average molecular weight is 469 g/mol. The summed E-state index contributed by atoms with van der Waals surface area (Å²) >= 11 is 12.1. The second-order valence-corrected chi connectivity index (χ2v) is 10.4. The van der Waals surface area contributed by atoms with Crippen molar-refractivity contribution < 1.29 is 13.2 Å². The van der Waals surface area contributed by atoms with Crippen LogP contribution in [0.4, 0.5) is 0 Å². The number of nitrogens with zero attached hydrogens (tertiary/aromatic N) is 1. The minimum Gasteiger partial charge on any atom is -0.349 e. The van der Waals surface area contributed by atoms with Gasteiger partial charge in [-0.1, -0.05) is 66.5 Å². The second kappa shape index (κ2) is 10.1. The van der Waals surface area contributed by atoms with Crippen LogP contribution in [0.2, 0.25) is 10.0 Å². The highest BCUT2D eigenvalue weighted by molar-refractivity contribution is 7.88. The summed E-state index contributed by atoms with van der Waals surface area (Å²) in [5.41, 5.74) is 1.55. The third kappa shape index (κ3) is 5.76. The van der Waals surface area contributed by atoms with Gasteiger partial charge in [-0.2, -0.15) is 0 Å². The lowest BCUT2D eigenvalue weighted by Gasteiger charge is -2.32. The first-order valence-corrected chi connectivity index (χ1v) is 12.4. The largest absolute Gasteiger partial charge is 0.349 e. The van der Waals surface area contributed by atoms with E-state index in [0.29, 0.717) is 35.0 Å². The zero-order chi connectivity index (χ0) is 21.7. The van der Waals surface area contributed by atoms with E-state index in [1.807, 2.05) is 37.3 Å². The van der Waals surface area contributed by atoms with E-state index in [0.717, 1.165) is 12.0 Å². The van der Waals surface area contributed by atoms with Gasteiger partial charge >= 0.3 is 0 Å². The summed E-state index contributed by atoms with van der Waals surface area (Å²) < 4.78 is 27.3. The Bertz CT molecular complexity index is 983. The van der Waals surface area contributed by atoms with Crippen LogP contribution in [0, 0.1) is 5.92 Å². The van der Waals surface area contributed by atoms with E-state index in [1.54, 1.807) is 12.1 Å². The van der Waals surface area contributed by atoms with Crippen LogP contribution in [0.1, 0.15) is 43.4 Å². The Hall–Kier alpha value is -1.60. The molecule has 2 atom stereocenters. The van der Waals surface area contributed by atoms with Crippen LogP contribution in [-0.4, -0.2) is 31.7 Å². The summed E-state index contributed by atoms with van der Waals surface area (Å²) in [7, 11) is -3.60. The number of hydrogen-bond donors (Lipinski definition) is 1. The standard InChI is InChI=1S/C22H26Cl2N2O3S/c1-2-21(16-7-4-3-5-8-16)25-22(27)17-9-6-12-26(14-17)30(28,29)15-18-10-11-19(23)13-20(18)24/h3-5,7-8,10-11,13,17,21H,2,6,9,12,14-15H2,1H3,(H,25,27)/t17-,21+/m1/s1. The smallest absolute Gasteiger partial charge is 0.224 e. The van der Waals surface area contributed by atoms with Gasteiger partial charge in [0.25, 0.3) is 0 Å². The van der Waals surface area contributed by atoms with Gasteiger partial charge in [0.15, 0.2) is 0 Å². The lowest BCUT2D eigenvalue weighted by Crippen LogP contribution is -2.46. The second-order valence-electron chi connectivity index (χ2n) is 7.57. The Morgan fingerprint density at radius 1 is 1.20 bits per heavy atom. The number of sulfonamides is 1. The molecule has 1 aliphatic rings. The molecule has 0 unspecified atom stereocenters. The van der Waals surface area contributed by atoms with Gasteiger partial charge in [0.05, 0.1) is 17.7 Å². The van der Waals surface area contributed by atoms with Crippen molar-refractivity contribution >= 4 is 39.1 Å². The Morgan fingerprint density at radius 3 is 2.60 bits per heavy atom. The zero-order valence-corrected chi connectivity index (χ0v) is 19.2. The number of carbonyl (C=O) groups excluding carboxylic acids is 1. The van der Waals surface area contributed by atoms with Crippen molar-refractivity contribution in [2.75, 3.05) is 13.1 Å². The fourth-order valence-corrected chi connectivity index (χ4v) is 5.93. The number of rotatable bonds is 7. The summed E-state index contributed by atoms with van der Waals surface area (Å²) in [6.07, 6.45) is 2.08. The summed E-state index contributed by atoms with van der Waals surface area (Å²) in [4.78, 5) is 12.9. The molecule has 1 N–H and O–H groups in total. The highest BCUT2D eigenvalue weighted by Gasteiger charge is 2.33. The predicted octanol–water partition coefficient (Wildman–Crippen LogP) is 4.80. The Morgan fingerprint density at radius 2 is 1.93 bits per heavy atom. The summed E-state index contributed by atoms with van der Waals surface area (Å²) in [6, 6.07) is 14.5.